The molecular weight excluding hydrogens is 300 g/mol. The number of terminal acetylenes is 1. The number of aliphatic hydroxyl groups excluding tert-OH is 1. The maximum Gasteiger partial charge on any atom is 0.308 e. The van der Waals surface area contributed by atoms with Gasteiger partial charge in [-0.15, -0.1) is 6.42 Å². The minimum absolute atomic E-state index is 0.0818. The van der Waals surface area contributed by atoms with E-state index in [0.717, 1.165) is 12.8 Å². The van der Waals surface area contributed by atoms with Crippen LogP contribution in [-0.4, -0.2) is 41.6 Å². The van der Waals surface area contributed by atoms with E-state index in [2.05, 4.69) is 5.92 Å². The first kappa shape index (κ1) is 19.5. The average Bonchev–Trinajstić information content (AvgIpc) is 2.53. The summed E-state index contributed by atoms with van der Waals surface area (Å²) in [5, 5.41) is 9.92. The van der Waals surface area contributed by atoms with Crippen molar-refractivity contribution in [1.29, 1.82) is 0 Å². The summed E-state index contributed by atoms with van der Waals surface area (Å²) in [5.41, 5.74) is 0. The zero-order valence-corrected chi connectivity index (χ0v) is 13.8. The molecule has 1 N–H and O–H groups in total. The summed E-state index contributed by atoms with van der Waals surface area (Å²) < 4.78 is 16.0. The third-order valence-corrected chi connectivity index (χ3v) is 3.57. The molecule has 0 amide bonds. The van der Waals surface area contributed by atoms with Crippen molar-refractivity contribution < 1.29 is 28.9 Å². The summed E-state index contributed by atoms with van der Waals surface area (Å²) >= 11 is 0. The second kappa shape index (κ2) is 10.2. The Balaban J connectivity index is 2.67. The molecule has 4 atom stereocenters. The first-order valence-electron chi connectivity index (χ1n) is 8.20. The van der Waals surface area contributed by atoms with Crippen LogP contribution in [0.2, 0.25) is 0 Å². The number of esters is 2. The monoisotopic (exact) mass is 326 g/mol. The molecule has 0 bridgehead atoms. The van der Waals surface area contributed by atoms with E-state index >= 15 is 0 Å². The van der Waals surface area contributed by atoms with E-state index in [1.807, 2.05) is 13.8 Å². The molecule has 1 saturated heterocycles. The van der Waals surface area contributed by atoms with Crippen molar-refractivity contribution in [3.05, 3.63) is 0 Å². The summed E-state index contributed by atoms with van der Waals surface area (Å²) in [6, 6.07) is 0. The van der Waals surface area contributed by atoms with Crippen molar-refractivity contribution in [1.82, 2.24) is 0 Å². The highest BCUT2D eigenvalue weighted by Crippen LogP contribution is 2.24. The van der Waals surface area contributed by atoms with Crippen LogP contribution in [0, 0.1) is 12.3 Å². The van der Waals surface area contributed by atoms with Crippen molar-refractivity contribution in [2.24, 2.45) is 0 Å². The molecule has 1 heterocycles. The molecular formula is C17H26O6. The molecule has 0 saturated carbocycles. The number of aliphatic hydroxyl groups is 1. The molecule has 1 fully saturated rings. The molecule has 1 rings (SSSR count). The Morgan fingerprint density at radius 2 is 1.74 bits per heavy atom. The molecule has 0 radical (unpaired) electrons. The lowest BCUT2D eigenvalue weighted by atomic mass is 10.0. The van der Waals surface area contributed by atoms with Crippen LogP contribution < -0.4 is 0 Å². The van der Waals surface area contributed by atoms with Crippen LogP contribution in [0.3, 0.4) is 0 Å². The average molecular weight is 326 g/mol. The smallest absolute Gasteiger partial charge is 0.308 e. The molecule has 1 aliphatic rings. The van der Waals surface area contributed by atoms with Crippen molar-refractivity contribution in [3.63, 3.8) is 0 Å². The molecule has 1 aliphatic heterocycles. The Morgan fingerprint density at radius 1 is 1.17 bits per heavy atom. The normalized spacial score (nSPS) is 27.0. The van der Waals surface area contributed by atoms with E-state index in [4.69, 9.17) is 20.6 Å². The first-order valence-corrected chi connectivity index (χ1v) is 8.20. The number of carbonyl (C=O) groups is 2. The van der Waals surface area contributed by atoms with Gasteiger partial charge in [-0.25, -0.2) is 0 Å². The third kappa shape index (κ3) is 6.59. The Bertz CT molecular complexity index is 427. The summed E-state index contributed by atoms with van der Waals surface area (Å²) in [5.74, 6) is 1.47. The summed E-state index contributed by atoms with van der Waals surface area (Å²) in [7, 11) is 0. The fourth-order valence-electron chi connectivity index (χ4n) is 2.21. The Hall–Kier alpha value is -1.58. The van der Waals surface area contributed by atoms with Gasteiger partial charge in [0.15, 0.2) is 6.10 Å². The zero-order valence-electron chi connectivity index (χ0n) is 13.8. The second-order valence-electron chi connectivity index (χ2n) is 5.62. The molecule has 6 heteroatoms. The van der Waals surface area contributed by atoms with Crippen molar-refractivity contribution in [3.8, 4) is 12.3 Å². The SMILES string of the molecule is C#CC1OC(OC(=O)CCCC)C(OC(=O)CCCC)C[C@@H]1O. The van der Waals surface area contributed by atoms with E-state index in [0.29, 0.717) is 12.8 Å². The number of hydrogen-bond acceptors (Lipinski definition) is 6. The lowest BCUT2D eigenvalue weighted by Crippen LogP contribution is -2.50. The fraction of sp³-hybridized carbons (Fsp3) is 0.765. The predicted molar refractivity (Wildman–Crippen MR) is 83.1 cm³/mol. The Morgan fingerprint density at radius 3 is 2.26 bits per heavy atom. The maximum atomic E-state index is 11.8. The standard InChI is InChI=1S/C17H26O6/c1-4-7-9-15(19)21-14-11-12(18)13(6-3)22-17(14)23-16(20)10-8-5-2/h3,12-14,17-18H,4-5,7-11H2,1-2H3/t12-,13?,14?,17?/m0/s1. The van der Waals surface area contributed by atoms with Crippen LogP contribution in [0.15, 0.2) is 0 Å². The van der Waals surface area contributed by atoms with Gasteiger partial charge in [-0.05, 0) is 12.8 Å². The molecule has 0 aromatic rings. The molecule has 0 aromatic carbocycles. The van der Waals surface area contributed by atoms with Crippen LogP contribution in [-0.2, 0) is 23.8 Å². The molecule has 0 aromatic heterocycles. The quantitative estimate of drug-likeness (QED) is 0.542. The van der Waals surface area contributed by atoms with E-state index in [-0.39, 0.29) is 19.3 Å². The lowest BCUT2D eigenvalue weighted by molar-refractivity contribution is -0.253. The van der Waals surface area contributed by atoms with Gasteiger partial charge < -0.3 is 19.3 Å². The van der Waals surface area contributed by atoms with E-state index in [1.165, 1.54) is 0 Å². The first-order chi connectivity index (χ1) is 11.0. The number of hydrogen-bond donors (Lipinski definition) is 1. The van der Waals surface area contributed by atoms with Crippen molar-refractivity contribution >= 4 is 11.9 Å². The van der Waals surface area contributed by atoms with E-state index in [1.54, 1.807) is 0 Å². The Kier molecular flexibility index (Phi) is 8.67. The highest BCUT2D eigenvalue weighted by Gasteiger charge is 2.41. The Labute approximate surface area is 137 Å². The summed E-state index contributed by atoms with van der Waals surface area (Å²) in [4.78, 5) is 23.6. The summed E-state index contributed by atoms with van der Waals surface area (Å²) in [6.45, 7) is 3.93. The van der Waals surface area contributed by atoms with Crippen molar-refractivity contribution in [2.45, 2.75) is 83.4 Å². The predicted octanol–water partition coefficient (Wildman–Crippen LogP) is 1.93. The highest BCUT2D eigenvalue weighted by molar-refractivity contribution is 5.70. The number of rotatable bonds is 8. The van der Waals surface area contributed by atoms with Gasteiger partial charge in [0.25, 0.3) is 0 Å². The lowest BCUT2D eigenvalue weighted by Gasteiger charge is -2.36. The molecule has 6 nitrogen and oxygen atoms in total. The largest absolute Gasteiger partial charge is 0.456 e. The zero-order chi connectivity index (χ0) is 17.2. The minimum Gasteiger partial charge on any atom is -0.456 e. The fourth-order valence-corrected chi connectivity index (χ4v) is 2.21. The van der Waals surface area contributed by atoms with Gasteiger partial charge in [-0.3, -0.25) is 9.59 Å². The van der Waals surface area contributed by atoms with Crippen LogP contribution in [0.25, 0.3) is 0 Å². The highest BCUT2D eigenvalue weighted by atomic mass is 16.7. The molecule has 0 aliphatic carbocycles. The number of carbonyl (C=O) groups excluding carboxylic acids is 2. The molecule has 3 unspecified atom stereocenters. The van der Waals surface area contributed by atoms with Crippen LogP contribution in [0.1, 0.15) is 58.8 Å². The van der Waals surface area contributed by atoms with E-state index in [9.17, 15) is 14.7 Å². The van der Waals surface area contributed by atoms with Crippen LogP contribution in [0.5, 0.6) is 0 Å². The second-order valence-corrected chi connectivity index (χ2v) is 5.62. The minimum atomic E-state index is -1.07. The van der Waals surface area contributed by atoms with Gasteiger partial charge >= 0.3 is 11.9 Å². The van der Waals surface area contributed by atoms with Gasteiger partial charge in [-0.2, -0.15) is 0 Å². The van der Waals surface area contributed by atoms with Gasteiger partial charge in [0.05, 0.1) is 6.10 Å². The van der Waals surface area contributed by atoms with Crippen molar-refractivity contribution in [2.75, 3.05) is 0 Å². The molecule has 23 heavy (non-hydrogen) atoms. The number of ether oxygens (including phenoxy) is 3. The summed E-state index contributed by atoms with van der Waals surface area (Å²) in [6.07, 6.45) is 5.29. The molecule has 130 valence electrons. The van der Waals surface area contributed by atoms with Crippen LogP contribution in [0.4, 0.5) is 0 Å². The number of unbranched alkanes of at least 4 members (excludes halogenated alkanes) is 2. The topological polar surface area (TPSA) is 82.1 Å². The van der Waals surface area contributed by atoms with Gasteiger partial charge in [0, 0.05) is 19.3 Å². The van der Waals surface area contributed by atoms with E-state index < -0.39 is 36.5 Å². The van der Waals surface area contributed by atoms with Crippen LogP contribution >= 0.6 is 0 Å². The molecule has 0 spiro atoms. The third-order valence-electron chi connectivity index (χ3n) is 3.57. The maximum absolute atomic E-state index is 11.8. The van der Waals surface area contributed by atoms with Gasteiger partial charge in [-0.1, -0.05) is 32.6 Å². The van der Waals surface area contributed by atoms with Gasteiger partial charge in [0.1, 0.15) is 6.10 Å². The van der Waals surface area contributed by atoms with Gasteiger partial charge in [0.2, 0.25) is 6.29 Å².